The highest BCUT2D eigenvalue weighted by molar-refractivity contribution is 5.91. The van der Waals surface area contributed by atoms with Gasteiger partial charge in [-0.1, -0.05) is 6.07 Å². The molecule has 20 heavy (non-hydrogen) atoms. The fraction of sp³-hybridized carbons (Fsp3) is 0.200. The third-order valence-electron chi connectivity index (χ3n) is 3.39. The number of carboxylic acid groups (broad SMARTS) is 1. The molecule has 5 nitrogen and oxygen atoms in total. The highest BCUT2D eigenvalue weighted by Gasteiger charge is 2.16. The molecule has 2 aromatic rings. The van der Waals surface area contributed by atoms with Crippen molar-refractivity contribution in [1.29, 1.82) is 0 Å². The molecule has 5 heteroatoms. The number of nitrogens with two attached hydrogens (primary N) is 1. The molecule has 1 aliphatic carbocycles. The maximum Gasteiger partial charge on any atom is 0.341 e. The lowest BCUT2D eigenvalue weighted by molar-refractivity contribution is 0.0693. The summed E-state index contributed by atoms with van der Waals surface area (Å²) in [4.78, 5) is 15.1. The maximum absolute atomic E-state index is 11.2. The Kier molecular flexibility index (Phi) is 3.02. The fourth-order valence-corrected chi connectivity index (χ4v) is 2.43. The number of aryl methyl sites for hydroxylation is 2. The van der Waals surface area contributed by atoms with Crippen molar-refractivity contribution in [2.45, 2.75) is 19.3 Å². The molecule has 0 aliphatic heterocycles. The van der Waals surface area contributed by atoms with Crippen molar-refractivity contribution in [1.82, 2.24) is 4.98 Å². The summed E-state index contributed by atoms with van der Waals surface area (Å²) in [5.74, 6) is -0.448. The number of fused-ring (bicyclic) bond motifs is 1. The zero-order valence-corrected chi connectivity index (χ0v) is 10.8. The first-order valence-corrected chi connectivity index (χ1v) is 6.42. The highest BCUT2D eigenvalue weighted by atomic mass is 16.5. The summed E-state index contributed by atoms with van der Waals surface area (Å²) in [7, 11) is 0. The lowest BCUT2D eigenvalue weighted by atomic mass is 10.1. The number of hydrogen-bond donors (Lipinski definition) is 2. The van der Waals surface area contributed by atoms with Crippen molar-refractivity contribution in [2.75, 3.05) is 5.73 Å². The average molecular weight is 270 g/mol. The van der Waals surface area contributed by atoms with E-state index in [1.54, 1.807) is 0 Å². The molecule has 102 valence electrons. The van der Waals surface area contributed by atoms with E-state index in [0.717, 1.165) is 19.3 Å². The van der Waals surface area contributed by atoms with Gasteiger partial charge in [0.05, 0.1) is 11.9 Å². The molecular formula is C15H14N2O3. The molecule has 0 atom stereocenters. The van der Waals surface area contributed by atoms with Gasteiger partial charge in [0.25, 0.3) is 0 Å². The van der Waals surface area contributed by atoms with E-state index in [-0.39, 0.29) is 11.4 Å². The summed E-state index contributed by atoms with van der Waals surface area (Å²) in [5, 5.41) is 9.15. The molecule has 0 radical (unpaired) electrons. The molecule has 0 bridgehead atoms. The number of ether oxygens (including phenoxy) is 1. The first kappa shape index (κ1) is 12.5. The van der Waals surface area contributed by atoms with Gasteiger partial charge in [0.15, 0.2) is 0 Å². The van der Waals surface area contributed by atoms with Gasteiger partial charge >= 0.3 is 5.97 Å². The Balaban J connectivity index is 1.93. The average Bonchev–Trinajstić information content (AvgIpc) is 2.88. The van der Waals surface area contributed by atoms with Crippen LogP contribution in [0.15, 0.2) is 30.5 Å². The highest BCUT2D eigenvalue weighted by Crippen LogP contribution is 2.30. The third-order valence-corrected chi connectivity index (χ3v) is 3.39. The molecule has 3 N–H and O–H groups in total. The lowest BCUT2D eigenvalue weighted by Gasteiger charge is -2.09. The number of nitrogens with zero attached hydrogens (tertiary/aromatic N) is 1. The normalized spacial score (nSPS) is 13.0. The Labute approximate surface area is 116 Å². The number of aromatic nitrogens is 1. The Morgan fingerprint density at radius 1 is 1.25 bits per heavy atom. The Hall–Kier alpha value is -2.56. The number of nitrogen functional groups attached to an aromatic ring is 1. The Bertz CT molecular complexity index is 683. The minimum atomic E-state index is -1.11. The minimum Gasteiger partial charge on any atom is -0.477 e. The van der Waals surface area contributed by atoms with Crippen LogP contribution in [-0.2, 0) is 12.8 Å². The van der Waals surface area contributed by atoms with Crippen molar-refractivity contribution in [3.63, 3.8) is 0 Å². The minimum absolute atomic E-state index is 0.0366. The van der Waals surface area contributed by atoms with Gasteiger partial charge in [0.1, 0.15) is 11.3 Å². The monoisotopic (exact) mass is 270 g/mol. The number of carboxylic acids is 1. The van der Waals surface area contributed by atoms with E-state index in [9.17, 15) is 4.79 Å². The Morgan fingerprint density at radius 2 is 2.05 bits per heavy atom. The predicted molar refractivity (Wildman–Crippen MR) is 74.1 cm³/mol. The molecule has 0 unspecified atom stereocenters. The van der Waals surface area contributed by atoms with Crippen molar-refractivity contribution >= 4 is 11.7 Å². The van der Waals surface area contributed by atoms with Crippen LogP contribution >= 0.6 is 0 Å². The van der Waals surface area contributed by atoms with Crippen LogP contribution in [0.4, 0.5) is 5.69 Å². The summed E-state index contributed by atoms with van der Waals surface area (Å²) in [6, 6.07) is 7.16. The van der Waals surface area contributed by atoms with E-state index in [0.29, 0.717) is 11.4 Å². The molecule has 0 amide bonds. The predicted octanol–water partition coefficient (Wildman–Crippen LogP) is 2.64. The number of benzene rings is 1. The van der Waals surface area contributed by atoms with E-state index in [1.165, 1.54) is 23.4 Å². The number of pyridine rings is 1. The van der Waals surface area contributed by atoms with Crippen LogP contribution in [0.5, 0.6) is 11.6 Å². The van der Waals surface area contributed by atoms with Crippen LogP contribution in [0.3, 0.4) is 0 Å². The number of carbonyl (C=O) groups is 1. The second kappa shape index (κ2) is 4.85. The number of anilines is 1. The van der Waals surface area contributed by atoms with Gasteiger partial charge in [-0.05, 0) is 48.6 Å². The van der Waals surface area contributed by atoms with Gasteiger partial charge in [0.2, 0.25) is 5.88 Å². The van der Waals surface area contributed by atoms with E-state index < -0.39 is 5.97 Å². The van der Waals surface area contributed by atoms with Crippen molar-refractivity contribution in [3.05, 3.63) is 47.2 Å². The van der Waals surface area contributed by atoms with E-state index in [2.05, 4.69) is 4.98 Å². The number of rotatable bonds is 3. The lowest BCUT2D eigenvalue weighted by Crippen LogP contribution is -2.03. The van der Waals surface area contributed by atoms with Crippen LogP contribution in [0.1, 0.15) is 27.9 Å². The van der Waals surface area contributed by atoms with Gasteiger partial charge in [-0.15, -0.1) is 0 Å². The number of aromatic carboxylic acids is 1. The van der Waals surface area contributed by atoms with Crippen LogP contribution in [0.2, 0.25) is 0 Å². The molecule has 0 saturated heterocycles. The molecule has 1 heterocycles. The van der Waals surface area contributed by atoms with Crippen LogP contribution in [-0.4, -0.2) is 16.1 Å². The quantitative estimate of drug-likeness (QED) is 0.895. The molecular weight excluding hydrogens is 256 g/mol. The van der Waals surface area contributed by atoms with Gasteiger partial charge in [-0.3, -0.25) is 0 Å². The first-order valence-electron chi connectivity index (χ1n) is 6.42. The SMILES string of the molecule is Nc1cnc(Oc2ccc3c(c2)CCC3)c(C(=O)O)c1. The molecule has 3 rings (SSSR count). The summed E-state index contributed by atoms with van der Waals surface area (Å²) < 4.78 is 5.60. The topological polar surface area (TPSA) is 85.4 Å². The first-order chi connectivity index (χ1) is 9.63. The van der Waals surface area contributed by atoms with Gasteiger partial charge in [0, 0.05) is 0 Å². The number of hydrogen-bond acceptors (Lipinski definition) is 4. The Morgan fingerprint density at radius 3 is 2.85 bits per heavy atom. The summed E-state index contributed by atoms with van der Waals surface area (Å²) in [5.41, 5.74) is 8.40. The summed E-state index contributed by atoms with van der Waals surface area (Å²) in [6.07, 6.45) is 4.66. The third kappa shape index (κ3) is 2.30. The molecule has 0 spiro atoms. The van der Waals surface area contributed by atoms with Crippen LogP contribution in [0, 0.1) is 0 Å². The molecule has 1 aromatic heterocycles. The van der Waals surface area contributed by atoms with Gasteiger partial charge in [-0.2, -0.15) is 0 Å². The smallest absolute Gasteiger partial charge is 0.341 e. The summed E-state index contributed by atoms with van der Waals surface area (Å²) in [6.45, 7) is 0. The molecule has 0 fully saturated rings. The van der Waals surface area contributed by atoms with Crippen LogP contribution in [0.25, 0.3) is 0 Å². The van der Waals surface area contributed by atoms with E-state index in [4.69, 9.17) is 15.6 Å². The van der Waals surface area contributed by atoms with Crippen molar-refractivity contribution < 1.29 is 14.6 Å². The zero-order valence-electron chi connectivity index (χ0n) is 10.8. The standard InChI is InChI=1S/C15H14N2O3/c16-11-7-13(15(18)19)14(17-8-11)20-12-5-4-9-2-1-3-10(9)6-12/h4-8H,1-3,16H2,(H,18,19). The van der Waals surface area contributed by atoms with Crippen molar-refractivity contribution in [2.24, 2.45) is 0 Å². The summed E-state index contributed by atoms with van der Waals surface area (Å²) >= 11 is 0. The maximum atomic E-state index is 11.2. The fourth-order valence-electron chi connectivity index (χ4n) is 2.43. The van der Waals surface area contributed by atoms with E-state index in [1.807, 2.05) is 18.2 Å². The second-order valence-corrected chi connectivity index (χ2v) is 4.81. The molecule has 1 aromatic carbocycles. The van der Waals surface area contributed by atoms with Gasteiger partial charge in [-0.25, -0.2) is 9.78 Å². The zero-order chi connectivity index (χ0) is 14.1. The molecule has 0 saturated carbocycles. The van der Waals surface area contributed by atoms with Gasteiger partial charge < -0.3 is 15.6 Å². The van der Waals surface area contributed by atoms with E-state index >= 15 is 0 Å². The molecule has 1 aliphatic rings. The second-order valence-electron chi connectivity index (χ2n) is 4.81. The largest absolute Gasteiger partial charge is 0.477 e. The van der Waals surface area contributed by atoms with Crippen LogP contribution < -0.4 is 10.5 Å². The van der Waals surface area contributed by atoms with Crippen molar-refractivity contribution in [3.8, 4) is 11.6 Å².